The standard InChI is InChI=1S/C16H29N5O.HI/c1-4-22-9-8-16(6-5-7-16)13-18-15(17)20(2)11-14-10-19-21(3)12-14;/h10,12H,4-9,11,13H2,1-3H3,(H2,17,18);1H. The minimum atomic E-state index is 0. The van der Waals surface area contributed by atoms with Crippen LogP contribution in [0.2, 0.25) is 0 Å². The number of aryl methyl sites for hydroxylation is 1. The van der Waals surface area contributed by atoms with Gasteiger partial charge in [-0.05, 0) is 31.6 Å². The lowest BCUT2D eigenvalue weighted by molar-refractivity contribution is 0.0608. The smallest absolute Gasteiger partial charge is 0.191 e. The van der Waals surface area contributed by atoms with Gasteiger partial charge in [-0.15, -0.1) is 24.0 Å². The van der Waals surface area contributed by atoms with Crippen LogP contribution in [-0.4, -0.2) is 47.4 Å². The number of nitrogens with zero attached hydrogens (tertiary/aromatic N) is 4. The zero-order valence-corrected chi connectivity index (χ0v) is 16.8. The summed E-state index contributed by atoms with van der Waals surface area (Å²) in [5.74, 6) is 0.603. The Balaban J connectivity index is 0.00000264. The van der Waals surface area contributed by atoms with Crippen LogP contribution in [0, 0.1) is 5.41 Å². The molecule has 1 saturated carbocycles. The average Bonchev–Trinajstić information content (AvgIpc) is 2.85. The number of hydrogen-bond donors (Lipinski definition) is 1. The molecule has 7 heteroatoms. The molecule has 0 saturated heterocycles. The van der Waals surface area contributed by atoms with E-state index in [1.165, 1.54) is 19.3 Å². The van der Waals surface area contributed by atoms with Crippen LogP contribution in [-0.2, 0) is 18.3 Å². The molecule has 0 spiro atoms. The number of nitrogens with two attached hydrogens (primary N) is 1. The number of rotatable bonds is 8. The monoisotopic (exact) mass is 435 g/mol. The molecule has 23 heavy (non-hydrogen) atoms. The molecule has 0 aliphatic heterocycles. The summed E-state index contributed by atoms with van der Waals surface area (Å²) < 4.78 is 7.30. The van der Waals surface area contributed by atoms with E-state index in [4.69, 9.17) is 10.5 Å². The molecule has 1 fully saturated rings. The molecule has 2 rings (SSSR count). The Labute approximate surface area is 156 Å². The topological polar surface area (TPSA) is 68.7 Å². The van der Waals surface area contributed by atoms with Gasteiger partial charge in [0.1, 0.15) is 0 Å². The van der Waals surface area contributed by atoms with Crippen molar-refractivity contribution in [3.8, 4) is 0 Å². The van der Waals surface area contributed by atoms with Gasteiger partial charge in [-0.2, -0.15) is 5.10 Å². The molecule has 6 nitrogen and oxygen atoms in total. The zero-order valence-electron chi connectivity index (χ0n) is 14.5. The molecule has 2 N–H and O–H groups in total. The molecule has 1 aromatic heterocycles. The number of hydrogen-bond acceptors (Lipinski definition) is 3. The molecule has 0 radical (unpaired) electrons. The third-order valence-corrected chi connectivity index (χ3v) is 4.54. The van der Waals surface area contributed by atoms with Crippen LogP contribution in [0.25, 0.3) is 0 Å². The van der Waals surface area contributed by atoms with E-state index in [9.17, 15) is 0 Å². The normalized spacial score (nSPS) is 16.6. The molecule has 1 aliphatic rings. The lowest BCUT2D eigenvalue weighted by atomic mass is 9.67. The van der Waals surface area contributed by atoms with E-state index in [2.05, 4.69) is 10.1 Å². The van der Waals surface area contributed by atoms with Gasteiger partial charge in [-0.1, -0.05) is 6.42 Å². The maximum atomic E-state index is 6.13. The van der Waals surface area contributed by atoms with Crippen LogP contribution in [0.5, 0.6) is 0 Å². The molecular weight excluding hydrogens is 405 g/mol. The van der Waals surface area contributed by atoms with Crippen LogP contribution in [0.4, 0.5) is 0 Å². The number of guanidine groups is 1. The first-order chi connectivity index (χ1) is 10.5. The molecule has 1 heterocycles. The maximum absolute atomic E-state index is 6.13. The summed E-state index contributed by atoms with van der Waals surface area (Å²) in [6.07, 6.45) is 8.72. The van der Waals surface area contributed by atoms with E-state index in [0.717, 1.165) is 38.3 Å². The fourth-order valence-electron chi connectivity index (χ4n) is 2.87. The summed E-state index contributed by atoms with van der Waals surface area (Å²) in [6.45, 7) is 5.20. The third-order valence-electron chi connectivity index (χ3n) is 4.54. The average molecular weight is 435 g/mol. The van der Waals surface area contributed by atoms with Crippen LogP contribution in [0.1, 0.15) is 38.2 Å². The highest BCUT2D eigenvalue weighted by Crippen LogP contribution is 2.44. The minimum Gasteiger partial charge on any atom is -0.382 e. The van der Waals surface area contributed by atoms with Crippen molar-refractivity contribution in [2.24, 2.45) is 23.2 Å². The van der Waals surface area contributed by atoms with Crippen molar-refractivity contribution >= 4 is 29.9 Å². The highest BCUT2D eigenvalue weighted by atomic mass is 127. The first kappa shape index (κ1) is 20.2. The van der Waals surface area contributed by atoms with E-state index in [-0.39, 0.29) is 24.0 Å². The highest BCUT2D eigenvalue weighted by Gasteiger charge is 2.36. The fourth-order valence-corrected chi connectivity index (χ4v) is 2.87. The summed E-state index contributed by atoms with van der Waals surface area (Å²) in [6, 6.07) is 0. The number of halogens is 1. The summed E-state index contributed by atoms with van der Waals surface area (Å²) in [7, 11) is 3.89. The molecule has 0 bridgehead atoms. The second-order valence-electron chi connectivity index (χ2n) is 6.35. The lowest BCUT2D eigenvalue weighted by Crippen LogP contribution is -2.38. The molecule has 0 aromatic carbocycles. The van der Waals surface area contributed by atoms with Gasteiger partial charge in [-0.3, -0.25) is 9.67 Å². The van der Waals surface area contributed by atoms with Crippen LogP contribution in [0.15, 0.2) is 17.4 Å². The van der Waals surface area contributed by atoms with Gasteiger partial charge < -0.3 is 15.4 Å². The Morgan fingerprint density at radius 2 is 2.26 bits per heavy atom. The summed E-state index contributed by atoms with van der Waals surface area (Å²) >= 11 is 0. The summed E-state index contributed by atoms with van der Waals surface area (Å²) in [5, 5.41) is 4.17. The van der Waals surface area contributed by atoms with E-state index in [0.29, 0.717) is 11.4 Å². The van der Waals surface area contributed by atoms with Crippen molar-refractivity contribution in [3.63, 3.8) is 0 Å². The Bertz CT molecular complexity index is 498. The largest absolute Gasteiger partial charge is 0.382 e. The third kappa shape index (κ3) is 5.95. The molecule has 1 aliphatic carbocycles. The van der Waals surface area contributed by atoms with Crippen LogP contribution >= 0.6 is 24.0 Å². The minimum absolute atomic E-state index is 0. The van der Waals surface area contributed by atoms with E-state index >= 15 is 0 Å². The van der Waals surface area contributed by atoms with Gasteiger partial charge >= 0.3 is 0 Å². The van der Waals surface area contributed by atoms with Crippen molar-refractivity contribution in [1.82, 2.24) is 14.7 Å². The highest BCUT2D eigenvalue weighted by molar-refractivity contribution is 14.0. The first-order valence-electron chi connectivity index (χ1n) is 8.11. The quantitative estimate of drug-likeness (QED) is 0.295. The SMILES string of the molecule is CCOCCC1(CN=C(N)N(C)Cc2cnn(C)c2)CCC1.I. The van der Waals surface area contributed by atoms with Gasteiger partial charge in [0.15, 0.2) is 5.96 Å². The van der Waals surface area contributed by atoms with Crippen molar-refractivity contribution < 1.29 is 4.74 Å². The fraction of sp³-hybridized carbons (Fsp3) is 0.750. The number of aliphatic imine (C=N–C) groups is 1. The molecular formula is C16H30IN5O. The van der Waals surface area contributed by atoms with Crippen molar-refractivity contribution in [1.29, 1.82) is 0 Å². The zero-order chi connectivity index (χ0) is 16.0. The second kappa shape index (κ2) is 9.46. The number of ether oxygens (including phenoxy) is 1. The lowest BCUT2D eigenvalue weighted by Gasteiger charge is -2.41. The Hall–Kier alpha value is -0.830. The maximum Gasteiger partial charge on any atom is 0.191 e. The Morgan fingerprint density at radius 3 is 2.78 bits per heavy atom. The number of aromatic nitrogens is 2. The first-order valence-corrected chi connectivity index (χ1v) is 8.11. The van der Waals surface area contributed by atoms with Gasteiger partial charge in [0, 0.05) is 52.2 Å². The summed E-state index contributed by atoms with van der Waals surface area (Å²) in [4.78, 5) is 6.62. The van der Waals surface area contributed by atoms with Gasteiger partial charge in [0.2, 0.25) is 0 Å². The van der Waals surface area contributed by atoms with Crippen LogP contribution in [0.3, 0.4) is 0 Å². The van der Waals surface area contributed by atoms with Crippen LogP contribution < -0.4 is 5.73 Å². The predicted molar refractivity (Wildman–Crippen MR) is 104 cm³/mol. The molecule has 132 valence electrons. The molecule has 0 unspecified atom stereocenters. The second-order valence-corrected chi connectivity index (χ2v) is 6.35. The van der Waals surface area contributed by atoms with Crippen molar-refractivity contribution in [2.75, 3.05) is 26.8 Å². The van der Waals surface area contributed by atoms with E-state index < -0.39 is 0 Å². The van der Waals surface area contributed by atoms with Gasteiger partial charge in [0.05, 0.1) is 6.20 Å². The molecule has 0 atom stereocenters. The molecule has 0 amide bonds. The van der Waals surface area contributed by atoms with Crippen molar-refractivity contribution in [2.45, 2.75) is 39.2 Å². The van der Waals surface area contributed by atoms with Gasteiger partial charge in [0.25, 0.3) is 0 Å². The molecule has 1 aromatic rings. The van der Waals surface area contributed by atoms with E-state index in [1.54, 1.807) is 4.68 Å². The van der Waals surface area contributed by atoms with E-state index in [1.807, 2.05) is 38.3 Å². The predicted octanol–water partition coefficient (Wildman–Crippen LogP) is 2.38. The Kier molecular flexibility index (Phi) is 8.32. The van der Waals surface area contributed by atoms with Crippen molar-refractivity contribution in [3.05, 3.63) is 18.0 Å². The Morgan fingerprint density at radius 1 is 1.52 bits per heavy atom. The summed E-state index contributed by atoms with van der Waals surface area (Å²) in [5.41, 5.74) is 7.58. The van der Waals surface area contributed by atoms with Gasteiger partial charge in [-0.25, -0.2) is 0 Å².